The largest absolute Gasteiger partial charge is 0.380 e. The molecule has 0 aromatic carbocycles. The van der Waals surface area contributed by atoms with Gasteiger partial charge in [-0.2, -0.15) is 0 Å². The van der Waals surface area contributed by atoms with Crippen LogP contribution in [-0.4, -0.2) is 25.3 Å². The maximum absolute atomic E-state index is 13.0. The van der Waals surface area contributed by atoms with Crippen molar-refractivity contribution < 1.29 is 17.9 Å². The van der Waals surface area contributed by atoms with Crippen molar-refractivity contribution in [1.29, 1.82) is 0 Å². The molecule has 1 saturated heterocycles. The van der Waals surface area contributed by atoms with Gasteiger partial charge >= 0.3 is 0 Å². The van der Waals surface area contributed by atoms with Crippen molar-refractivity contribution in [3.8, 4) is 0 Å². The van der Waals surface area contributed by atoms with Crippen molar-refractivity contribution >= 4 is 0 Å². The molecule has 0 bridgehead atoms. The van der Waals surface area contributed by atoms with Gasteiger partial charge in [0, 0.05) is 11.8 Å². The molecule has 2 aliphatic rings. The SMILES string of the molecule is CC(C)(C)CC(C)(C)C.CC(C)(C)CC(F)F.CC(C)(C)CC1(C)COC1.CC(C)(C)CC1(F)CC1. The third kappa shape index (κ3) is 28.3. The highest BCUT2D eigenvalue weighted by Gasteiger charge is 2.45. The number of rotatable bonds is 3. The zero-order chi connectivity index (χ0) is 29.4. The van der Waals surface area contributed by atoms with E-state index in [0.717, 1.165) is 32.5 Å². The summed E-state index contributed by atoms with van der Waals surface area (Å²) in [6, 6.07) is 0. The molecule has 0 N–H and O–H groups in total. The van der Waals surface area contributed by atoms with Gasteiger partial charge in [-0.05, 0) is 59.2 Å². The lowest BCUT2D eigenvalue weighted by Crippen LogP contribution is -2.42. The molecule has 1 aliphatic carbocycles. The molecule has 220 valence electrons. The molecule has 2 fully saturated rings. The van der Waals surface area contributed by atoms with Gasteiger partial charge in [-0.3, -0.25) is 0 Å². The topological polar surface area (TPSA) is 9.23 Å². The molecule has 0 unspecified atom stereocenters. The normalized spacial score (nSPS) is 19.0. The molecule has 1 heterocycles. The average Bonchev–Trinajstić information content (AvgIpc) is 3.13. The van der Waals surface area contributed by atoms with E-state index in [4.69, 9.17) is 4.74 Å². The van der Waals surface area contributed by atoms with Crippen LogP contribution in [0, 0.1) is 32.5 Å². The lowest BCUT2D eigenvalue weighted by atomic mass is 9.74. The quantitative estimate of drug-likeness (QED) is 0.358. The second-order valence-corrected chi connectivity index (χ2v) is 17.9. The number of halogens is 3. The number of hydrogen-bond acceptors (Lipinski definition) is 1. The van der Waals surface area contributed by atoms with Crippen LogP contribution in [0.15, 0.2) is 0 Å². The fourth-order valence-electron chi connectivity index (χ4n) is 5.15. The summed E-state index contributed by atoms with van der Waals surface area (Å²) in [7, 11) is 0. The summed E-state index contributed by atoms with van der Waals surface area (Å²) >= 11 is 0. The first kappa shape index (κ1) is 37.9. The molecule has 1 saturated carbocycles. The van der Waals surface area contributed by atoms with E-state index < -0.39 is 12.1 Å². The molecule has 1 nitrogen and oxygen atoms in total. The van der Waals surface area contributed by atoms with E-state index in [2.05, 4.69) is 90.0 Å². The van der Waals surface area contributed by atoms with Gasteiger partial charge in [-0.25, -0.2) is 13.2 Å². The van der Waals surface area contributed by atoms with E-state index in [1.54, 1.807) is 20.8 Å². The van der Waals surface area contributed by atoms with Crippen LogP contribution in [0.3, 0.4) is 0 Å². The first-order valence-corrected chi connectivity index (χ1v) is 14.0. The summed E-state index contributed by atoms with van der Waals surface area (Å²) in [4.78, 5) is 0. The van der Waals surface area contributed by atoms with Crippen LogP contribution in [0.1, 0.15) is 149 Å². The minimum Gasteiger partial charge on any atom is -0.380 e. The smallest absolute Gasteiger partial charge is 0.239 e. The Hall–Kier alpha value is -0.250. The monoisotopic (exact) mass is 522 g/mol. The van der Waals surface area contributed by atoms with Crippen LogP contribution in [0.5, 0.6) is 0 Å². The van der Waals surface area contributed by atoms with Gasteiger partial charge in [0.05, 0.1) is 13.2 Å². The average molecular weight is 523 g/mol. The molecule has 0 spiro atoms. The molecule has 0 aromatic rings. The van der Waals surface area contributed by atoms with Crippen LogP contribution in [-0.2, 0) is 4.74 Å². The van der Waals surface area contributed by atoms with Crippen molar-refractivity contribution in [2.24, 2.45) is 32.5 Å². The predicted molar refractivity (Wildman–Crippen MR) is 154 cm³/mol. The van der Waals surface area contributed by atoms with E-state index in [1.165, 1.54) is 12.8 Å². The minimum absolute atomic E-state index is 0.00694. The van der Waals surface area contributed by atoms with E-state index in [1.807, 2.05) is 0 Å². The first-order chi connectivity index (χ1) is 15.5. The summed E-state index contributed by atoms with van der Waals surface area (Å²) in [5.41, 5.74) is 1.09. The van der Waals surface area contributed by atoms with Gasteiger partial charge in [-0.1, -0.05) is 111 Å². The van der Waals surface area contributed by atoms with Crippen molar-refractivity contribution in [3.05, 3.63) is 0 Å². The van der Waals surface area contributed by atoms with Gasteiger partial charge < -0.3 is 4.74 Å². The van der Waals surface area contributed by atoms with Crippen molar-refractivity contribution in [2.45, 2.75) is 161 Å². The minimum atomic E-state index is -2.16. The molecule has 1 aliphatic heterocycles. The van der Waals surface area contributed by atoms with E-state index in [0.29, 0.717) is 21.7 Å². The number of alkyl halides is 3. The van der Waals surface area contributed by atoms with E-state index >= 15 is 0 Å². The van der Waals surface area contributed by atoms with Gasteiger partial charge in [0.25, 0.3) is 0 Å². The Morgan fingerprint density at radius 1 is 0.611 bits per heavy atom. The Kier molecular flexibility index (Phi) is 14.4. The third-order valence-electron chi connectivity index (χ3n) is 5.33. The summed E-state index contributed by atoms with van der Waals surface area (Å²) < 4.78 is 41.2. The Morgan fingerprint density at radius 3 is 1.03 bits per heavy atom. The van der Waals surface area contributed by atoms with Gasteiger partial charge in [-0.15, -0.1) is 0 Å². The van der Waals surface area contributed by atoms with Gasteiger partial charge in [0.2, 0.25) is 6.43 Å². The molecular formula is C32H65F3O. The molecule has 0 radical (unpaired) electrons. The molecule has 0 aromatic heterocycles. The molecular weight excluding hydrogens is 457 g/mol. The second-order valence-electron chi connectivity index (χ2n) is 17.9. The van der Waals surface area contributed by atoms with Gasteiger partial charge in [0.1, 0.15) is 5.67 Å². The maximum atomic E-state index is 13.0. The zero-order valence-electron chi connectivity index (χ0n) is 27.3. The Bertz CT molecular complexity index is 546. The van der Waals surface area contributed by atoms with Crippen LogP contribution in [0.2, 0.25) is 0 Å². The van der Waals surface area contributed by atoms with Crippen LogP contribution >= 0.6 is 0 Å². The zero-order valence-corrected chi connectivity index (χ0v) is 27.3. The lowest BCUT2D eigenvalue weighted by molar-refractivity contribution is -0.119. The predicted octanol–water partition coefficient (Wildman–Crippen LogP) is 11.5. The van der Waals surface area contributed by atoms with E-state index in [9.17, 15) is 13.2 Å². The van der Waals surface area contributed by atoms with Gasteiger partial charge in [0.15, 0.2) is 0 Å². The Labute approximate surface area is 225 Å². The molecule has 36 heavy (non-hydrogen) atoms. The number of hydrogen-bond donors (Lipinski definition) is 0. The summed E-state index contributed by atoms with van der Waals surface area (Å²) in [6.07, 6.45) is 2.73. The molecule has 4 heteroatoms. The molecule has 0 atom stereocenters. The fraction of sp³-hybridized carbons (Fsp3) is 1.00. The molecule has 0 amide bonds. The number of ether oxygens (including phenoxy) is 1. The summed E-state index contributed by atoms with van der Waals surface area (Å²) in [6.45, 7) is 36.5. The van der Waals surface area contributed by atoms with Crippen LogP contribution in [0.4, 0.5) is 13.2 Å². The fourth-order valence-corrected chi connectivity index (χ4v) is 5.15. The van der Waals surface area contributed by atoms with Crippen molar-refractivity contribution in [1.82, 2.24) is 0 Å². The highest BCUT2D eigenvalue weighted by atomic mass is 19.3. The third-order valence-corrected chi connectivity index (χ3v) is 5.33. The lowest BCUT2D eigenvalue weighted by Gasteiger charge is -2.42. The summed E-state index contributed by atoms with van der Waals surface area (Å²) in [5, 5.41) is 0. The standard InChI is InChI=1S/C9H18O.C9H20.C8H15F.C6H12F2/c1-8(2,3)5-9(4)6-10-7-9;1-8(2,3)7-9(4,5)6;1-7(2,3)6-8(9)4-5-8;1-6(2,3)4-5(7)8/h5-7H2,1-4H3;7H2,1-6H3;4-6H2,1-3H3;5H,4H2,1-3H3. The second kappa shape index (κ2) is 13.7. The first-order valence-electron chi connectivity index (χ1n) is 14.0. The van der Waals surface area contributed by atoms with E-state index in [-0.39, 0.29) is 17.3 Å². The highest BCUT2D eigenvalue weighted by Crippen LogP contribution is 2.47. The van der Waals surface area contributed by atoms with Crippen molar-refractivity contribution in [2.75, 3.05) is 13.2 Å². The Balaban J connectivity index is 0. The Morgan fingerprint density at radius 2 is 0.972 bits per heavy atom. The highest BCUT2D eigenvalue weighted by molar-refractivity contribution is 4.96. The summed E-state index contributed by atoms with van der Waals surface area (Å²) in [5.74, 6) is 0. The molecule has 2 rings (SSSR count). The van der Waals surface area contributed by atoms with Crippen LogP contribution in [0.25, 0.3) is 0 Å². The maximum Gasteiger partial charge on any atom is 0.239 e. The van der Waals surface area contributed by atoms with Crippen molar-refractivity contribution in [3.63, 3.8) is 0 Å². The van der Waals surface area contributed by atoms with Crippen LogP contribution < -0.4 is 0 Å².